The molecule has 0 saturated carbocycles. The van der Waals surface area contributed by atoms with Crippen LogP contribution in [0.4, 0.5) is 0 Å². The number of likely N-dealkylation sites (tertiary alicyclic amines) is 2. The van der Waals surface area contributed by atoms with Crippen LogP contribution < -0.4 is 11.1 Å². The minimum absolute atomic E-state index is 0.0471. The number of carbonyl (C=O) groups is 4. The maximum absolute atomic E-state index is 13.9. The molecule has 2 saturated heterocycles. The third-order valence-electron chi connectivity index (χ3n) is 7.50. The van der Waals surface area contributed by atoms with Crippen molar-refractivity contribution in [2.75, 3.05) is 13.1 Å². The highest BCUT2D eigenvalue weighted by molar-refractivity contribution is 9.10. The summed E-state index contributed by atoms with van der Waals surface area (Å²) in [4.78, 5) is 56.6. The highest BCUT2D eigenvalue weighted by atomic mass is 79.9. The van der Waals surface area contributed by atoms with Crippen molar-refractivity contribution in [3.63, 3.8) is 0 Å². The number of hydrogen-bond donors (Lipinski definition) is 3. The minimum atomic E-state index is -0.952. The summed E-state index contributed by atoms with van der Waals surface area (Å²) in [5.74, 6) is -1.43. The third kappa shape index (κ3) is 5.61. The van der Waals surface area contributed by atoms with Gasteiger partial charge in [-0.1, -0.05) is 46.3 Å². The standard InChI is InChI=1S/C29H29BrN4O5/c30-20-3-1-2-19(15-20)27(37)32-23(14-17-4-10-22(35)11-5-17)29(39)33-13-12-24-26(33)25(36)16-34(24)28(38)18-6-8-21(31)9-7-18/h1-6,8-11,15,18,23-24,26,35H,7,12-14,16,31H2,(H,32,37)/t18?,23-,24+,26-/m0/s1. The number of ketones is 1. The number of hydrogen-bond acceptors (Lipinski definition) is 6. The van der Waals surface area contributed by atoms with Crippen LogP contribution in [-0.2, 0) is 20.8 Å². The molecule has 0 radical (unpaired) electrons. The SMILES string of the molecule is NC1=CCC(C(=O)N2CC(=O)[C@@H]3[C@H]2CCN3C(=O)[C@H](Cc2ccc(O)cc2)NC(=O)c2cccc(Br)c2)C=C1. The summed E-state index contributed by atoms with van der Waals surface area (Å²) >= 11 is 3.36. The van der Waals surface area contributed by atoms with E-state index in [1.54, 1.807) is 59.5 Å². The Hall–Kier alpha value is -3.92. The quantitative estimate of drug-likeness (QED) is 0.471. The van der Waals surface area contributed by atoms with E-state index >= 15 is 0 Å². The Morgan fingerprint density at radius 3 is 2.59 bits per heavy atom. The molecule has 2 fully saturated rings. The van der Waals surface area contributed by atoms with Gasteiger partial charge in [0, 0.05) is 28.7 Å². The Kier molecular flexibility index (Phi) is 7.56. The van der Waals surface area contributed by atoms with E-state index in [0.717, 1.165) is 10.0 Å². The summed E-state index contributed by atoms with van der Waals surface area (Å²) < 4.78 is 0.728. The number of carbonyl (C=O) groups excluding carboxylic acids is 4. The molecule has 2 aromatic rings. The van der Waals surface area contributed by atoms with Crippen molar-refractivity contribution in [2.24, 2.45) is 11.7 Å². The molecule has 39 heavy (non-hydrogen) atoms. The molecule has 202 valence electrons. The zero-order chi connectivity index (χ0) is 27.7. The van der Waals surface area contributed by atoms with Crippen LogP contribution in [0.25, 0.3) is 0 Å². The number of amides is 3. The second kappa shape index (κ2) is 11.1. The normalized spacial score (nSPS) is 22.8. The van der Waals surface area contributed by atoms with Crippen molar-refractivity contribution in [1.29, 1.82) is 0 Å². The van der Waals surface area contributed by atoms with Crippen LogP contribution in [0.2, 0.25) is 0 Å². The maximum Gasteiger partial charge on any atom is 0.251 e. The third-order valence-corrected chi connectivity index (χ3v) is 7.99. The van der Waals surface area contributed by atoms with Gasteiger partial charge in [-0.2, -0.15) is 0 Å². The van der Waals surface area contributed by atoms with Gasteiger partial charge in [-0.05, 0) is 54.8 Å². The molecule has 5 rings (SSSR count). The fraction of sp³-hybridized carbons (Fsp3) is 0.310. The minimum Gasteiger partial charge on any atom is -0.508 e. The molecule has 2 heterocycles. The molecule has 0 spiro atoms. The van der Waals surface area contributed by atoms with Crippen molar-refractivity contribution in [2.45, 2.75) is 37.4 Å². The number of fused-ring (bicyclic) bond motifs is 1. The lowest BCUT2D eigenvalue weighted by molar-refractivity contribution is -0.138. The van der Waals surface area contributed by atoms with Crippen LogP contribution in [0.3, 0.4) is 0 Å². The number of rotatable bonds is 6. The lowest BCUT2D eigenvalue weighted by Crippen LogP contribution is -2.53. The molecule has 1 unspecified atom stereocenters. The Morgan fingerprint density at radius 2 is 1.90 bits per heavy atom. The van der Waals surface area contributed by atoms with Crippen LogP contribution in [-0.4, -0.2) is 69.6 Å². The molecular weight excluding hydrogens is 564 g/mol. The molecule has 0 aromatic heterocycles. The lowest BCUT2D eigenvalue weighted by Gasteiger charge is -2.29. The van der Waals surface area contributed by atoms with Crippen LogP contribution in [0.5, 0.6) is 5.75 Å². The molecular formula is C29H29BrN4O5. The number of allylic oxidation sites excluding steroid dienone is 2. The molecule has 4 atom stereocenters. The topological polar surface area (TPSA) is 133 Å². The smallest absolute Gasteiger partial charge is 0.251 e. The summed E-state index contributed by atoms with van der Waals surface area (Å²) in [5.41, 5.74) is 7.52. The molecule has 3 aliphatic rings. The molecule has 9 nitrogen and oxygen atoms in total. The summed E-state index contributed by atoms with van der Waals surface area (Å²) in [6.07, 6.45) is 6.39. The van der Waals surface area contributed by atoms with Crippen molar-refractivity contribution in [3.05, 3.63) is 88.1 Å². The number of nitrogens with zero attached hydrogens (tertiary/aromatic N) is 2. The number of benzene rings is 2. The van der Waals surface area contributed by atoms with Crippen molar-refractivity contribution < 1.29 is 24.3 Å². The first-order valence-electron chi connectivity index (χ1n) is 12.8. The van der Waals surface area contributed by atoms with Crippen LogP contribution in [0.1, 0.15) is 28.8 Å². The largest absolute Gasteiger partial charge is 0.508 e. The monoisotopic (exact) mass is 592 g/mol. The van der Waals surface area contributed by atoms with E-state index in [2.05, 4.69) is 21.2 Å². The molecule has 2 aromatic carbocycles. The number of halogens is 1. The predicted molar refractivity (Wildman–Crippen MR) is 147 cm³/mol. The zero-order valence-corrected chi connectivity index (χ0v) is 22.7. The second-order valence-corrected chi connectivity index (χ2v) is 11.0. The Labute approximate surface area is 234 Å². The van der Waals surface area contributed by atoms with Gasteiger partial charge in [-0.15, -0.1) is 0 Å². The zero-order valence-electron chi connectivity index (χ0n) is 21.1. The molecule has 2 aliphatic heterocycles. The molecule has 0 bridgehead atoms. The number of nitrogens with two attached hydrogens (primary N) is 1. The number of aromatic hydroxyl groups is 1. The lowest BCUT2D eigenvalue weighted by atomic mass is 9.97. The Bertz CT molecular complexity index is 1370. The van der Waals surface area contributed by atoms with E-state index in [4.69, 9.17) is 5.73 Å². The van der Waals surface area contributed by atoms with E-state index in [1.807, 2.05) is 0 Å². The number of phenolic OH excluding ortho intramolecular Hbond substituents is 1. The van der Waals surface area contributed by atoms with Crippen molar-refractivity contribution in [3.8, 4) is 5.75 Å². The maximum atomic E-state index is 13.9. The Morgan fingerprint density at radius 1 is 1.13 bits per heavy atom. The fourth-order valence-electron chi connectivity index (χ4n) is 5.53. The second-order valence-electron chi connectivity index (χ2n) is 10.1. The molecule has 1 aliphatic carbocycles. The van der Waals surface area contributed by atoms with Gasteiger partial charge in [0.15, 0.2) is 5.78 Å². The highest BCUT2D eigenvalue weighted by Gasteiger charge is 2.52. The summed E-state index contributed by atoms with van der Waals surface area (Å²) in [7, 11) is 0. The average Bonchev–Trinajstić information content (AvgIpc) is 3.50. The van der Waals surface area contributed by atoms with Gasteiger partial charge >= 0.3 is 0 Å². The fourth-order valence-corrected chi connectivity index (χ4v) is 5.93. The van der Waals surface area contributed by atoms with E-state index < -0.39 is 24.0 Å². The first-order valence-corrected chi connectivity index (χ1v) is 13.6. The molecule has 4 N–H and O–H groups in total. The van der Waals surface area contributed by atoms with E-state index in [1.165, 1.54) is 17.0 Å². The van der Waals surface area contributed by atoms with Crippen molar-refractivity contribution in [1.82, 2.24) is 15.1 Å². The number of nitrogens with one attached hydrogen (secondary N) is 1. The van der Waals surface area contributed by atoms with Crippen LogP contribution >= 0.6 is 15.9 Å². The van der Waals surface area contributed by atoms with Gasteiger partial charge in [0.1, 0.15) is 17.8 Å². The van der Waals surface area contributed by atoms with Gasteiger partial charge in [0.2, 0.25) is 11.8 Å². The van der Waals surface area contributed by atoms with E-state index in [9.17, 15) is 24.3 Å². The van der Waals surface area contributed by atoms with Gasteiger partial charge in [-0.25, -0.2) is 0 Å². The summed E-state index contributed by atoms with van der Waals surface area (Å²) in [6.45, 7) is 0.254. The number of Topliss-reactive ketones (excluding diaryl/α,β-unsaturated/α-hetero) is 1. The average molecular weight is 593 g/mol. The first-order chi connectivity index (χ1) is 18.7. The van der Waals surface area contributed by atoms with E-state index in [0.29, 0.717) is 30.6 Å². The van der Waals surface area contributed by atoms with Gasteiger partial charge in [0.25, 0.3) is 5.91 Å². The van der Waals surface area contributed by atoms with E-state index in [-0.39, 0.29) is 42.2 Å². The van der Waals surface area contributed by atoms with Gasteiger partial charge in [-0.3, -0.25) is 19.2 Å². The van der Waals surface area contributed by atoms with Crippen LogP contribution in [0, 0.1) is 5.92 Å². The highest BCUT2D eigenvalue weighted by Crippen LogP contribution is 2.33. The molecule has 3 amide bonds. The first kappa shape index (κ1) is 26.7. The molecule has 10 heteroatoms. The number of phenols is 1. The van der Waals surface area contributed by atoms with Gasteiger partial charge in [0.05, 0.1) is 18.5 Å². The summed E-state index contributed by atoms with van der Waals surface area (Å²) in [5, 5.41) is 12.5. The van der Waals surface area contributed by atoms with Crippen molar-refractivity contribution >= 4 is 39.4 Å². The predicted octanol–water partition coefficient (Wildman–Crippen LogP) is 2.30. The van der Waals surface area contributed by atoms with Crippen LogP contribution in [0.15, 0.2) is 76.9 Å². The Balaban J connectivity index is 1.36. The summed E-state index contributed by atoms with van der Waals surface area (Å²) in [6, 6.07) is 11.2. The van der Waals surface area contributed by atoms with Gasteiger partial charge < -0.3 is 26.0 Å².